The van der Waals surface area contributed by atoms with E-state index >= 15 is 0 Å². The van der Waals surface area contributed by atoms with Crippen molar-refractivity contribution in [2.75, 3.05) is 19.5 Å². The molecule has 4 rings (SSSR count). The predicted octanol–water partition coefficient (Wildman–Crippen LogP) is 7.68. The van der Waals surface area contributed by atoms with Crippen molar-refractivity contribution in [3.8, 4) is 40.0 Å². The van der Waals surface area contributed by atoms with Crippen LogP contribution in [0, 0.1) is 18.3 Å². The Morgan fingerprint density at radius 1 is 1.00 bits per heavy atom. The first-order valence-corrected chi connectivity index (χ1v) is 14.1. The molecule has 7 heteroatoms. The van der Waals surface area contributed by atoms with E-state index in [2.05, 4.69) is 18.3 Å². The van der Waals surface area contributed by atoms with Crippen molar-refractivity contribution in [3.63, 3.8) is 0 Å². The van der Waals surface area contributed by atoms with Gasteiger partial charge in [-0.3, -0.25) is 4.79 Å². The van der Waals surface area contributed by atoms with Crippen LogP contribution in [-0.2, 0) is 11.2 Å². The Morgan fingerprint density at radius 3 is 2.42 bits per heavy atom. The van der Waals surface area contributed by atoms with Gasteiger partial charge in [-0.15, -0.1) is 0 Å². The Kier molecular flexibility index (Phi) is 9.47. The minimum Gasteiger partial charge on any atom is -0.497 e. The summed E-state index contributed by atoms with van der Waals surface area (Å²) in [6.07, 6.45) is 1.37. The maximum absolute atomic E-state index is 13.6. The normalized spacial score (nSPS) is 11.4. The minimum atomic E-state index is -0.463. The van der Waals surface area contributed by atoms with E-state index in [0.717, 1.165) is 28.8 Å². The SMILES string of the molecule is CCc1cccc(C)c1NC(=O)C(CC)Sc1nc(-c2ccccc2)cc(-c2cc(OC)ccc2OC)c1C#N. The minimum absolute atomic E-state index is 0.118. The summed E-state index contributed by atoms with van der Waals surface area (Å²) >= 11 is 1.31. The number of nitrogens with one attached hydrogen (secondary N) is 1. The van der Waals surface area contributed by atoms with Crippen LogP contribution in [0.1, 0.15) is 37.0 Å². The van der Waals surface area contributed by atoms with E-state index in [-0.39, 0.29) is 5.91 Å². The summed E-state index contributed by atoms with van der Waals surface area (Å²) in [5, 5.41) is 13.6. The number of hydrogen-bond donors (Lipinski definition) is 1. The molecule has 0 spiro atoms. The van der Waals surface area contributed by atoms with Gasteiger partial charge in [0.25, 0.3) is 0 Å². The molecule has 1 heterocycles. The molecular weight excluding hydrogens is 518 g/mol. The Labute approximate surface area is 240 Å². The number of aryl methyl sites for hydroxylation is 2. The number of nitriles is 1. The molecule has 3 aromatic carbocycles. The standard InChI is InChI=1S/C33H33N3O3S/c1-6-22-15-11-12-21(3)31(22)36-32(37)30(7-2)40-33-27(20-34)25(19-28(35-33)23-13-9-8-10-14-23)26-18-24(38-4)16-17-29(26)39-5/h8-19,30H,6-7H2,1-5H3,(H,36,37). The van der Waals surface area contributed by atoms with Crippen LogP contribution < -0.4 is 14.8 Å². The zero-order valence-electron chi connectivity index (χ0n) is 23.4. The molecule has 204 valence electrons. The topological polar surface area (TPSA) is 84.2 Å². The molecule has 0 aliphatic carbocycles. The van der Waals surface area contributed by atoms with Crippen LogP contribution in [-0.4, -0.2) is 30.4 Å². The first-order valence-electron chi connectivity index (χ1n) is 13.2. The van der Waals surface area contributed by atoms with Gasteiger partial charge in [0.1, 0.15) is 22.6 Å². The van der Waals surface area contributed by atoms with Gasteiger partial charge >= 0.3 is 0 Å². The molecule has 0 radical (unpaired) electrons. The van der Waals surface area contributed by atoms with E-state index in [1.807, 2.05) is 86.6 Å². The molecule has 0 fully saturated rings. The maximum Gasteiger partial charge on any atom is 0.237 e. The number of nitrogens with zero attached hydrogens (tertiary/aromatic N) is 2. The highest BCUT2D eigenvalue weighted by atomic mass is 32.2. The molecule has 1 aromatic heterocycles. The van der Waals surface area contributed by atoms with E-state index in [9.17, 15) is 10.1 Å². The average molecular weight is 552 g/mol. The fourth-order valence-corrected chi connectivity index (χ4v) is 5.60. The molecule has 0 aliphatic rings. The number of methoxy groups -OCH3 is 2. The second-order valence-electron chi connectivity index (χ2n) is 9.25. The van der Waals surface area contributed by atoms with Crippen molar-refractivity contribution in [2.24, 2.45) is 0 Å². The molecule has 1 N–H and O–H groups in total. The summed E-state index contributed by atoms with van der Waals surface area (Å²) in [5.74, 6) is 1.13. The van der Waals surface area contributed by atoms with E-state index in [0.29, 0.717) is 45.3 Å². The third-order valence-corrected chi connectivity index (χ3v) is 8.12. The molecule has 1 unspecified atom stereocenters. The summed E-state index contributed by atoms with van der Waals surface area (Å²) in [7, 11) is 3.20. The number of pyridine rings is 1. The van der Waals surface area contributed by atoms with Crippen LogP contribution in [0.3, 0.4) is 0 Å². The van der Waals surface area contributed by atoms with Gasteiger partial charge in [-0.1, -0.05) is 74.1 Å². The average Bonchev–Trinajstić information content (AvgIpc) is 3.00. The van der Waals surface area contributed by atoms with E-state index in [1.165, 1.54) is 11.8 Å². The maximum atomic E-state index is 13.6. The number of aromatic nitrogens is 1. The smallest absolute Gasteiger partial charge is 0.237 e. The van der Waals surface area contributed by atoms with Crippen molar-refractivity contribution in [2.45, 2.75) is 43.9 Å². The third kappa shape index (κ3) is 6.13. The number of amides is 1. The number of benzene rings is 3. The number of carbonyl (C=O) groups is 1. The fourth-order valence-electron chi connectivity index (χ4n) is 4.57. The van der Waals surface area contributed by atoms with Gasteiger partial charge in [0, 0.05) is 22.4 Å². The van der Waals surface area contributed by atoms with Gasteiger partial charge in [-0.05, 0) is 55.2 Å². The first kappa shape index (κ1) is 28.7. The number of anilines is 1. The monoisotopic (exact) mass is 551 g/mol. The van der Waals surface area contributed by atoms with E-state index < -0.39 is 5.25 Å². The Morgan fingerprint density at radius 2 is 1.77 bits per heavy atom. The van der Waals surface area contributed by atoms with Gasteiger partial charge in [-0.2, -0.15) is 5.26 Å². The lowest BCUT2D eigenvalue weighted by Gasteiger charge is -2.20. The fraction of sp³-hybridized carbons (Fsp3) is 0.242. The van der Waals surface area contributed by atoms with Gasteiger partial charge in [0.2, 0.25) is 5.91 Å². The van der Waals surface area contributed by atoms with E-state index in [4.69, 9.17) is 14.5 Å². The zero-order chi connectivity index (χ0) is 28.6. The number of rotatable bonds is 10. The highest BCUT2D eigenvalue weighted by molar-refractivity contribution is 8.00. The van der Waals surface area contributed by atoms with Crippen LogP contribution in [0.4, 0.5) is 5.69 Å². The summed E-state index contributed by atoms with van der Waals surface area (Å²) < 4.78 is 11.1. The highest BCUT2D eigenvalue weighted by Crippen LogP contribution is 2.41. The summed E-state index contributed by atoms with van der Waals surface area (Å²) in [6.45, 7) is 6.04. The largest absolute Gasteiger partial charge is 0.497 e. The Hall–Kier alpha value is -4.28. The Bertz CT molecular complexity index is 1550. The molecule has 0 saturated heterocycles. The van der Waals surface area contributed by atoms with Crippen LogP contribution in [0.2, 0.25) is 0 Å². The van der Waals surface area contributed by atoms with Crippen LogP contribution >= 0.6 is 11.8 Å². The third-order valence-electron chi connectivity index (χ3n) is 6.77. The lowest BCUT2D eigenvalue weighted by Crippen LogP contribution is -2.26. The molecule has 0 aliphatic heterocycles. The first-order chi connectivity index (χ1) is 19.4. The quantitative estimate of drug-likeness (QED) is 0.204. The van der Waals surface area contributed by atoms with Crippen molar-refractivity contribution in [3.05, 3.63) is 89.5 Å². The number of carbonyl (C=O) groups excluding carboxylic acids is 1. The predicted molar refractivity (Wildman–Crippen MR) is 162 cm³/mol. The second kappa shape index (κ2) is 13.2. The zero-order valence-corrected chi connectivity index (χ0v) is 24.3. The van der Waals surface area contributed by atoms with Gasteiger partial charge in [-0.25, -0.2) is 4.98 Å². The molecule has 4 aromatic rings. The van der Waals surface area contributed by atoms with Crippen molar-refractivity contribution >= 4 is 23.4 Å². The number of thioether (sulfide) groups is 1. The van der Waals surface area contributed by atoms with Gasteiger partial charge in [0.15, 0.2) is 0 Å². The lowest BCUT2D eigenvalue weighted by molar-refractivity contribution is -0.115. The lowest BCUT2D eigenvalue weighted by atomic mass is 9.98. The van der Waals surface area contributed by atoms with Crippen LogP contribution in [0.25, 0.3) is 22.4 Å². The summed E-state index contributed by atoms with van der Waals surface area (Å²) in [4.78, 5) is 18.5. The molecule has 40 heavy (non-hydrogen) atoms. The van der Waals surface area contributed by atoms with Crippen molar-refractivity contribution < 1.29 is 14.3 Å². The van der Waals surface area contributed by atoms with Crippen molar-refractivity contribution in [1.82, 2.24) is 4.98 Å². The second-order valence-corrected chi connectivity index (χ2v) is 10.4. The van der Waals surface area contributed by atoms with Gasteiger partial charge < -0.3 is 14.8 Å². The Balaban J connectivity index is 1.83. The summed E-state index contributed by atoms with van der Waals surface area (Å²) in [6, 6.07) is 25.6. The van der Waals surface area contributed by atoms with E-state index in [1.54, 1.807) is 14.2 Å². The number of para-hydroxylation sites is 1. The molecule has 0 bridgehead atoms. The molecular formula is C33H33N3O3S. The summed E-state index contributed by atoms with van der Waals surface area (Å²) in [5.41, 5.74) is 6.31. The molecule has 6 nitrogen and oxygen atoms in total. The van der Waals surface area contributed by atoms with Crippen LogP contribution in [0.5, 0.6) is 11.5 Å². The van der Waals surface area contributed by atoms with Crippen LogP contribution in [0.15, 0.2) is 77.8 Å². The van der Waals surface area contributed by atoms with Crippen molar-refractivity contribution in [1.29, 1.82) is 5.26 Å². The van der Waals surface area contributed by atoms with Gasteiger partial charge in [0.05, 0.1) is 30.7 Å². The number of ether oxygens (including phenoxy) is 2. The molecule has 1 atom stereocenters. The molecule has 1 amide bonds. The number of hydrogen-bond acceptors (Lipinski definition) is 6. The highest BCUT2D eigenvalue weighted by Gasteiger charge is 2.25. The molecule has 0 saturated carbocycles.